The van der Waals surface area contributed by atoms with Gasteiger partial charge in [-0.15, -0.1) is 0 Å². The van der Waals surface area contributed by atoms with E-state index < -0.39 is 6.10 Å². The van der Waals surface area contributed by atoms with E-state index in [1.807, 2.05) is 26.8 Å². The van der Waals surface area contributed by atoms with Crippen molar-refractivity contribution < 1.29 is 18.6 Å². The predicted octanol–water partition coefficient (Wildman–Crippen LogP) is 3.44. The summed E-state index contributed by atoms with van der Waals surface area (Å²) in [4.78, 5) is 24.7. The number of nitrogens with zero attached hydrogens (tertiary/aromatic N) is 5. The first-order valence-electron chi connectivity index (χ1n) is 9.09. The number of rotatable bonds is 7. The molecule has 28 heavy (non-hydrogen) atoms. The first-order valence-corrected chi connectivity index (χ1v) is 9.09. The lowest BCUT2D eigenvalue weighted by Gasteiger charge is -2.10. The lowest BCUT2D eigenvalue weighted by Crippen LogP contribution is -2.13. The number of hydrogen-bond acceptors (Lipinski definition) is 9. The highest BCUT2D eigenvalue weighted by atomic mass is 16.6. The van der Waals surface area contributed by atoms with E-state index >= 15 is 0 Å². The van der Waals surface area contributed by atoms with E-state index in [9.17, 15) is 4.79 Å². The Hall–Kier alpha value is -3.10. The highest BCUT2D eigenvalue weighted by Gasteiger charge is 2.22. The van der Waals surface area contributed by atoms with E-state index in [1.54, 1.807) is 25.4 Å². The van der Waals surface area contributed by atoms with E-state index in [0.717, 1.165) is 5.56 Å². The Balaban J connectivity index is 1.47. The Labute approximate surface area is 162 Å². The van der Waals surface area contributed by atoms with Crippen LogP contribution in [0.4, 0.5) is 0 Å². The molecule has 3 rings (SSSR count). The molecule has 1 unspecified atom stereocenters. The van der Waals surface area contributed by atoms with Gasteiger partial charge in [-0.05, 0) is 25.5 Å². The average molecular weight is 385 g/mol. The normalized spacial score (nSPS) is 12.7. The fourth-order valence-corrected chi connectivity index (χ4v) is 2.36. The van der Waals surface area contributed by atoms with Crippen molar-refractivity contribution in [3.8, 4) is 11.4 Å². The van der Waals surface area contributed by atoms with E-state index in [4.69, 9.17) is 13.8 Å². The minimum Gasteiger partial charge on any atom is -0.453 e. The highest BCUT2D eigenvalue weighted by Crippen LogP contribution is 2.21. The summed E-state index contributed by atoms with van der Waals surface area (Å²) in [7, 11) is 0. The van der Waals surface area contributed by atoms with Crippen molar-refractivity contribution in [2.75, 3.05) is 0 Å². The SMILES string of the molecule is CC(OC(=O)CCCc1nc(C(C)(C)C)no1)c1nc(-c2cccnc2)no1. The fraction of sp³-hybridized carbons (Fsp3) is 0.474. The predicted molar refractivity (Wildman–Crippen MR) is 98.0 cm³/mol. The number of ether oxygens (including phenoxy) is 1. The summed E-state index contributed by atoms with van der Waals surface area (Å²) < 4.78 is 15.8. The van der Waals surface area contributed by atoms with E-state index in [2.05, 4.69) is 25.3 Å². The van der Waals surface area contributed by atoms with Crippen LogP contribution in [0.2, 0.25) is 0 Å². The maximum atomic E-state index is 12.1. The standard InChI is InChI=1S/C19H23N5O4/c1-12(17-22-16(23-28-17)13-7-6-10-20-11-13)26-15(25)9-5-8-14-21-18(24-27-14)19(2,3)4/h6-7,10-12H,5,8-9H2,1-4H3. The summed E-state index contributed by atoms with van der Waals surface area (Å²) in [6.07, 6.45) is 3.93. The first kappa shape index (κ1) is 19.7. The van der Waals surface area contributed by atoms with Crippen LogP contribution in [-0.2, 0) is 21.4 Å². The molecule has 0 amide bonds. The molecule has 9 nitrogen and oxygen atoms in total. The molecule has 9 heteroatoms. The quantitative estimate of drug-likeness (QED) is 0.563. The van der Waals surface area contributed by atoms with Gasteiger partial charge in [0.15, 0.2) is 11.9 Å². The molecule has 0 spiro atoms. The zero-order chi connectivity index (χ0) is 20.1. The molecule has 0 bridgehead atoms. The molecule has 0 aliphatic rings. The third-order valence-corrected chi connectivity index (χ3v) is 3.93. The van der Waals surface area contributed by atoms with Crippen LogP contribution in [0.25, 0.3) is 11.4 Å². The topological polar surface area (TPSA) is 117 Å². The summed E-state index contributed by atoms with van der Waals surface area (Å²) in [6, 6.07) is 3.60. The summed E-state index contributed by atoms with van der Waals surface area (Å²) in [6.45, 7) is 7.72. The lowest BCUT2D eigenvalue weighted by molar-refractivity contribution is -0.149. The molecule has 0 saturated heterocycles. The Bertz CT molecular complexity index is 914. The number of esters is 1. The molecule has 1 atom stereocenters. The second-order valence-electron chi connectivity index (χ2n) is 7.45. The summed E-state index contributed by atoms with van der Waals surface area (Å²) in [5.41, 5.74) is 0.555. The van der Waals surface area contributed by atoms with Crippen molar-refractivity contribution in [2.24, 2.45) is 0 Å². The molecule has 0 aromatic carbocycles. The van der Waals surface area contributed by atoms with Crippen LogP contribution in [-0.4, -0.2) is 31.2 Å². The molecular formula is C19H23N5O4. The van der Waals surface area contributed by atoms with Crippen LogP contribution in [0.5, 0.6) is 0 Å². The van der Waals surface area contributed by atoms with Crippen LogP contribution in [0.1, 0.15) is 64.2 Å². The molecule has 0 saturated carbocycles. The Morgan fingerprint density at radius 1 is 1.21 bits per heavy atom. The molecular weight excluding hydrogens is 362 g/mol. The third kappa shape index (κ3) is 4.99. The van der Waals surface area contributed by atoms with Gasteiger partial charge in [0.2, 0.25) is 11.7 Å². The summed E-state index contributed by atoms with van der Waals surface area (Å²) in [5, 5.41) is 7.86. The van der Waals surface area contributed by atoms with Crippen LogP contribution in [0.15, 0.2) is 33.6 Å². The van der Waals surface area contributed by atoms with Gasteiger partial charge in [-0.3, -0.25) is 9.78 Å². The molecule has 3 aromatic heterocycles. The van der Waals surface area contributed by atoms with Crippen molar-refractivity contribution in [2.45, 2.75) is 58.5 Å². The zero-order valence-electron chi connectivity index (χ0n) is 16.4. The molecule has 0 fully saturated rings. The van der Waals surface area contributed by atoms with E-state index in [0.29, 0.717) is 30.4 Å². The molecule has 0 aliphatic heterocycles. The van der Waals surface area contributed by atoms with Crippen LogP contribution < -0.4 is 0 Å². The van der Waals surface area contributed by atoms with Gasteiger partial charge >= 0.3 is 5.97 Å². The smallest absolute Gasteiger partial charge is 0.306 e. The van der Waals surface area contributed by atoms with Crippen molar-refractivity contribution >= 4 is 5.97 Å². The van der Waals surface area contributed by atoms with Crippen molar-refractivity contribution in [3.05, 3.63) is 42.1 Å². The first-order chi connectivity index (χ1) is 13.3. The molecule has 0 radical (unpaired) electrons. The van der Waals surface area contributed by atoms with Gasteiger partial charge in [0.25, 0.3) is 5.89 Å². The summed E-state index contributed by atoms with van der Waals surface area (Å²) in [5.74, 6) is 1.45. The highest BCUT2D eigenvalue weighted by molar-refractivity contribution is 5.69. The number of aryl methyl sites for hydroxylation is 1. The minimum absolute atomic E-state index is 0.172. The average Bonchev–Trinajstić information content (AvgIpc) is 3.32. The molecule has 148 valence electrons. The van der Waals surface area contributed by atoms with Gasteiger partial charge in [-0.25, -0.2) is 0 Å². The van der Waals surface area contributed by atoms with Crippen molar-refractivity contribution in [3.63, 3.8) is 0 Å². The van der Waals surface area contributed by atoms with Gasteiger partial charge in [0.05, 0.1) is 0 Å². The second kappa shape index (κ2) is 8.28. The van der Waals surface area contributed by atoms with E-state index in [1.165, 1.54) is 0 Å². The van der Waals surface area contributed by atoms with Gasteiger partial charge in [0, 0.05) is 36.2 Å². The maximum Gasteiger partial charge on any atom is 0.306 e. The van der Waals surface area contributed by atoms with Crippen LogP contribution in [0, 0.1) is 0 Å². The third-order valence-electron chi connectivity index (χ3n) is 3.93. The number of carbonyl (C=O) groups excluding carboxylic acids is 1. The van der Waals surface area contributed by atoms with Gasteiger partial charge in [-0.1, -0.05) is 31.1 Å². The van der Waals surface area contributed by atoms with Crippen molar-refractivity contribution in [1.29, 1.82) is 0 Å². The molecule has 0 aliphatic carbocycles. The molecule has 3 aromatic rings. The fourth-order valence-electron chi connectivity index (χ4n) is 2.36. The van der Waals surface area contributed by atoms with Crippen LogP contribution >= 0.6 is 0 Å². The number of carbonyl (C=O) groups is 1. The van der Waals surface area contributed by atoms with Crippen LogP contribution in [0.3, 0.4) is 0 Å². The van der Waals surface area contributed by atoms with Crippen molar-refractivity contribution in [1.82, 2.24) is 25.3 Å². The Kier molecular flexibility index (Phi) is 5.81. The van der Waals surface area contributed by atoms with Gasteiger partial charge < -0.3 is 13.8 Å². The molecule has 0 N–H and O–H groups in total. The lowest BCUT2D eigenvalue weighted by atomic mass is 9.96. The number of hydrogen-bond donors (Lipinski definition) is 0. The summed E-state index contributed by atoms with van der Waals surface area (Å²) >= 11 is 0. The zero-order valence-corrected chi connectivity index (χ0v) is 16.4. The number of pyridine rings is 1. The van der Waals surface area contributed by atoms with Gasteiger partial charge in [0.1, 0.15) is 0 Å². The molecule has 3 heterocycles. The number of aromatic nitrogens is 5. The Morgan fingerprint density at radius 3 is 2.71 bits per heavy atom. The minimum atomic E-state index is -0.638. The monoisotopic (exact) mass is 385 g/mol. The van der Waals surface area contributed by atoms with Gasteiger partial charge in [-0.2, -0.15) is 9.97 Å². The second-order valence-corrected chi connectivity index (χ2v) is 7.45. The van der Waals surface area contributed by atoms with E-state index in [-0.39, 0.29) is 23.7 Å². The Morgan fingerprint density at radius 2 is 2.04 bits per heavy atom. The largest absolute Gasteiger partial charge is 0.453 e. The maximum absolute atomic E-state index is 12.1.